The van der Waals surface area contributed by atoms with Gasteiger partial charge in [0.25, 0.3) is 5.56 Å². The first-order valence-electron chi connectivity index (χ1n) is 8.87. The fourth-order valence-electron chi connectivity index (χ4n) is 3.49. The lowest BCUT2D eigenvalue weighted by molar-refractivity contribution is 0.183. The van der Waals surface area contributed by atoms with Gasteiger partial charge in [-0.05, 0) is 12.5 Å². The Morgan fingerprint density at radius 1 is 1.07 bits per heavy atom. The van der Waals surface area contributed by atoms with Gasteiger partial charge in [-0.1, -0.05) is 30.3 Å². The molecule has 0 spiro atoms. The Bertz CT molecular complexity index is 1160. The Balaban J connectivity index is 1.75. The van der Waals surface area contributed by atoms with Gasteiger partial charge in [-0.3, -0.25) is 9.78 Å². The first kappa shape index (κ1) is 15.9. The van der Waals surface area contributed by atoms with Crippen molar-refractivity contribution in [1.82, 2.24) is 24.4 Å². The van der Waals surface area contributed by atoms with Gasteiger partial charge in [-0.2, -0.15) is 10.2 Å². The molecule has 1 aliphatic rings. The molecule has 7 nitrogen and oxygen atoms in total. The van der Waals surface area contributed by atoms with Gasteiger partial charge in [0.1, 0.15) is 5.69 Å². The van der Waals surface area contributed by atoms with Crippen LogP contribution in [0.5, 0.6) is 0 Å². The predicted molar refractivity (Wildman–Crippen MR) is 100 cm³/mol. The van der Waals surface area contributed by atoms with E-state index in [0.29, 0.717) is 18.9 Å². The van der Waals surface area contributed by atoms with Crippen molar-refractivity contribution >= 4 is 5.52 Å². The lowest BCUT2D eigenvalue weighted by Gasteiger charge is -2.12. The van der Waals surface area contributed by atoms with Crippen molar-refractivity contribution in [2.45, 2.75) is 12.5 Å². The molecule has 0 saturated carbocycles. The van der Waals surface area contributed by atoms with Gasteiger partial charge in [-0.15, -0.1) is 0 Å². The third-order valence-electron chi connectivity index (χ3n) is 4.82. The molecule has 0 radical (unpaired) electrons. The lowest BCUT2D eigenvalue weighted by Crippen LogP contribution is -2.27. The summed E-state index contributed by atoms with van der Waals surface area (Å²) in [5, 5.41) is 9.41. The van der Waals surface area contributed by atoms with Crippen molar-refractivity contribution in [2.24, 2.45) is 0 Å². The maximum Gasteiger partial charge on any atom is 0.267 e. The van der Waals surface area contributed by atoms with Crippen molar-refractivity contribution in [3.05, 3.63) is 71.4 Å². The summed E-state index contributed by atoms with van der Waals surface area (Å²) in [6.07, 6.45) is 6.07. The molecule has 1 saturated heterocycles. The Kier molecular flexibility index (Phi) is 3.79. The molecule has 0 aliphatic carbocycles. The predicted octanol–water partition coefficient (Wildman–Crippen LogP) is 2.58. The molecule has 1 unspecified atom stereocenters. The number of hydrogen-bond donors (Lipinski definition) is 0. The van der Waals surface area contributed by atoms with Crippen molar-refractivity contribution in [3.63, 3.8) is 0 Å². The molecule has 0 bridgehead atoms. The van der Waals surface area contributed by atoms with E-state index in [1.165, 1.54) is 4.68 Å². The van der Waals surface area contributed by atoms with E-state index in [1.807, 2.05) is 36.5 Å². The standard InChI is InChI=1S/C20H17N5O2/c26-18-7-6-16(22-25(18)15-8-11-27-13-15)19-17-12-21-9-10-24(17)23-20(19)14-4-2-1-3-5-14/h1-7,9-10,12,15H,8,11,13H2. The number of nitrogens with zero attached hydrogens (tertiary/aromatic N) is 5. The number of hydrogen-bond acceptors (Lipinski definition) is 5. The second-order valence-corrected chi connectivity index (χ2v) is 6.51. The summed E-state index contributed by atoms with van der Waals surface area (Å²) < 4.78 is 8.76. The maximum absolute atomic E-state index is 12.4. The van der Waals surface area contributed by atoms with Gasteiger partial charge in [-0.25, -0.2) is 9.20 Å². The molecule has 1 fully saturated rings. The highest BCUT2D eigenvalue weighted by Crippen LogP contribution is 2.33. The minimum absolute atomic E-state index is 0.0300. The third kappa shape index (κ3) is 2.72. The molecular formula is C20H17N5O2. The van der Waals surface area contributed by atoms with E-state index in [9.17, 15) is 4.79 Å². The summed E-state index contributed by atoms with van der Waals surface area (Å²) in [4.78, 5) is 16.6. The smallest absolute Gasteiger partial charge is 0.267 e. The summed E-state index contributed by atoms with van der Waals surface area (Å²) in [6, 6.07) is 13.2. The van der Waals surface area contributed by atoms with Crippen LogP contribution in [0, 0.1) is 0 Å². The van der Waals surface area contributed by atoms with Gasteiger partial charge in [0.15, 0.2) is 0 Å². The monoisotopic (exact) mass is 359 g/mol. The van der Waals surface area contributed by atoms with Crippen molar-refractivity contribution in [3.8, 4) is 22.5 Å². The van der Waals surface area contributed by atoms with Gasteiger partial charge in [0, 0.05) is 30.6 Å². The first-order chi connectivity index (χ1) is 13.3. The summed E-state index contributed by atoms with van der Waals surface area (Å²) in [6.45, 7) is 1.16. The van der Waals surface area contributed by atoms with Gasteiger partial charge in [0.05, 0.1) is 35.6 Å². The van der Waals surface area contributed by atoms with E-state index in [4.69, 9.17) is 9.84 Å². The SMILES string of the molecule is O=c1ccc(-c2c(-c3ccccc3)nn3ccncc23)nn1C1CCOC1. The number of benzene rings is 1. The van der Waals surface area contributed by atoms with Crippen LogP contribution in [-0.4, -0.2) is 37.6 Å². The zero-order chi connectivity index (χ0) is 18.2. The quantitative estimate of drug-likeness (QED) is 0.562. The van der Waals surface area contributed by atoms with Crippen LogP contribution in [0.1, 0.15) is 12.5 Å². The number of fused-ring (bicyclic) bond motifs is 1. The van der Waals surface area contributed by atoms with Crippen LogP contribution in [-0.2, 0) is 4.74 Å². The summed E-state index contributed by atoms with van der Waals surface area (Å²) >= 11 is 0. The van der Waals surface area contributed by atoms with Crippen molar-refractivity contribution in [1.29, 1.82) is 0 Å². The van der Waals surface area contributed by atoms with Crippen LogP contribution < -0.4 is 5.56 Å². The van der Waals surface area contributed by atoms with Crippen LogP contribution in [0.3, 0.4) is 0 Å². The fraction of sp³-hybridized carbons (Fsp3) is 0.200. The highest BCUT2D eigenvalue weighted by molar-refractivity contribution is 5.90. The van der Waals surface area contributed by atoms with Crippen LogP contribution in [0.25, 0.3) is 28.0 Å². The average molecular weight is 359 g/mol. The third-order valence-corrected chi connectivity index (χ3v) is 4.82. The first-order valence-corrected chi connectivity index (χ1v) is 8.87. The molecule has 27 heavy (non-hydrogen) atoms. The molecule has 1 aliphatic heterocycles. The number of rotatable bonds is 3. The number of ether oxygens (including phenoxy) is 1. The van der Waals surface area contributed by atoms with Gasteiger partial charge >= 0.3 is 0 Å². The number of aromatic nitrogens is 5. The minimum atomic E-state index is -0.120. The topological polar surface area (TPSA) is 74.3 Å². The molecule has 4 aromatic rings. The highest BCUT2D eigenvalue weighted by atomic mass is 16.5. The Morgan fingerprint density at radius 2 is 1.96 bits per heavy atom. The molecule has 3 aromatic heterocycles. The molecule has 0 N–H and O–H groups in total. The molecule has 5 rings (SSSR count). The van der Waals surface area contributed by atoms with E-state index in [2.05, 4.69) is 10.1 Å². The maximum atomic E-state index is 12.4. The Hall–Kier alpha value is -3.32. The summed E-state index contributed by atoms with van der Waals surface area (Å²) in [5.41, 5.74) is 4.08. The Morgan fingerprint density at radius 3 is 2.78 bits per heavy atom. The van der Waals surface area contributed by atoms with E-state index in [1.54, 1.807) is 29.0 Å². The van der Waals surface area contributed by atoms with Crippen molar-refractivity contribution in [2.75, 3.05) is 13.2 Å². The zero-order valence-corrected chi connectivity index (χ0v) is 14.5. The van der Waals surface area contributed by atoms with Gasteiger partial charge < -0.3 is 4.74 Å². The lowest BCUT2D eigenvalue weighted by atomic mass is 10.0. The van der Waals surface area contributed by atoms with Crippen LogP contribution in [0.15, 0.2) is 65.8 Å². The molecular weight excluding hydrogens is 342 g/mol. The average Bonchev–Trinajstić information content (AvgIpc) is 3.37. The molecule has 4 heterocycles. The minimum Gasteiger partial charge on any atom is -0.379 e. The largest absolute Gasteiger partial charge is 0.379 e. The molecule has 0 amide bonds. The second-order valence-electron chi connectivity index (χ2n) is 6.51. The molecule has 1 aromatic carbocycles. The normalized spacial score (nSPS) is 16.8. The van der Waals surface area contributed by atoms with E-state index in [-0.39, 0.29) is 11.6 Å². The molecule has 7 heteroatoms. The highest BCUT2D eigenvalue weighted by Gasteiger charge is 2.22. The summed E-state index contributed by atoms with van der Waals surface area (Å²) in [5.74, 6) is 0. The van der Waals surface area contributed by atoms with Gasteiger partial charge in [0.2, 0.25) is 0 Å². The second kappa shape index (κ2) is 6.44. The van der Waals surface area contributed by atoms with Crippen LogP contribution in [0.2, 0.25) is 0 Å². The fourth-order valence-corrected chi connectivity index (χ4v) is 3.49. The molecule has 1 atom stereocenters. The van der Waals surface area contributed by atoms with Crippen LogP contribution in [0.4, 0.5) is 0 Å². The van der Waals surface area contributed by atoms with E-state index in [0.717, 1.165) is 28.8 Å². The molecule has 134 valence electrons. The Labute approximate surface area is 154 Å². The van der Waals surface area contributed by atoms with E-state index >= 15 is 0 Å². The zero-order valence-electron chi connectivity index (χ0n) is 14.5. The van der Waals surface area contributed by atoms with E-state index < -0.39 is 0 Å². The summed E-state index contributed by atoms with van der Waals surface area (Å²) in [7, 11) is 0. The van der Waals surface area contributed by atoms with Crippen molar-refractivity contribution < 1.29 is 4.74 Å². The van der Waals surface area contributed by atoms with Crippen LogP contribution >= 0.6 is 0 Å².